The molecule has 20 heavy (non-hydrogen) atoms. The zero-order valence-corrected chi connectivity index (χ0v) is 11.7. The number of benzene rings is 1. The van der Waals surface area contributed by atoms with Crippen molar-refractivity contribution in [2.24, 2.45) is 5.73 Å². The van der Waals surface area contributed by atoms with E-state index in [0.717, 1.165) is 6.42 Å². The van der Waals surface area contributed by atoms with Crippen LogP contribution in [0.3, 0.4) is 0 Å². The van der Waals surface area contributed by atoms with Gasteiger partial charge in [-0.05, 0) is 24.6 Å². The molecular weight excluding hydrogens is 278 g/mol. The number of amides is 2. The third-order valence-electron chi connectivity index (χ3n) is 2.81. The van der Waals surface area contributed by atoms with Crippen molar-refractivity contribution >= 4 is 23.3 Å². The lowest BCUT2D eigenvalue weighted by Gasteiger charge is -2.12. The molecule has 0 bridgehead atoms. The Kier molecular flexibility index (Phi) is 5.24. The first-order valence-corrected chi connectivity index (χ1v) is 6.70. The predicted octanol–water partition coefficient (Wildman–Crippen LogP) is 1.56. The molecule has 0 aliphatic carbocycles. The number of urea groups is 1. The number of ether oxygens (including phenoxy) is 1. The van der Waals surface area contributed by atoms with Gasteiger partial charge in [0, 0.05) is 17.9 Å². The van der Waals surface area contributed by atoms with Gasteiger partial charge in [-0.25, -0.2) is 4.79 Å². The van der Waals surface area contributed by atoms with E-state index in [1.807, 2.05) is 0 Å². The van der Waals surface area contributed by atoms with E-state index < -0.39 is 0 Å². The number of hydrogen-bond donors (Lipinski definition) is 3. The summed E-state index contributed by atoms with van der Waals surface area (Å²) >= 11 is 6.02. The van der Waals surface area contributed by atoms with Crippen LogP contribution in [0.5, 0.6) is 0 Å². The van der Waals surface area contributed by atoms with Crippen LogP contribution in [0.2, 0.25) is 5.02 Å². The summed E-state index contributed by atoms with van der Waals surface area (Å²) in [6.07, 6.45) is 0.835. The summed E-state index contributed by atoms with van der Waals surface area (Å²) in [5.74, 6) is 5.59. The van der Waals surface area contributed by atoms with Gasteiger partial charge in [-0.2, -0.15) is 0 Å². The van der Waals surface area contributed by atoms with Crippen molar-refractivity contribution in [3.63, 3.8) is 0 Å². The molecular formula is C14H16ClN3O2. The summed E-state index contributed by atoms with van der Waals surface area (Å²) in [7, 11) is 0. The van der Waals surface area contributed by atoms with Crippen LogP contribution < -0.4 is 16.4 Å². The number of hydrogen-bond acceptors (Lipinski definition) is 3. The molecule has 0 aromatic heterocycles. The fourth-order valence-electron chi connectivity index (χ4n) is 1.85. The molecule has 4 N–H and O–H groups in total. The van der Waals surface area contributed by atoms with Crippen LogP contribution in [0.4, 0.5) is 10.5 Å². The van der Waals surface area contributed by atoms with Gasteiger partial charge in [0.2, 0.25) is 0 Å². The van der Waals surface area contributed by atoms with Crippen molar-refractivity contribution in [2.75, 3.05) is 25.1 Å². The second kappa shape index (κ2) is 7.15. The Hall–Kier alpha value is -1.74. The van der Waals surface area contributed by atoms with Gasteiger partial charge in [-0.3, -0.25) is 0 Å². The molecule has 1 aliphatic heterocycles. The maximum Gasteiger partial charge on any atom is 0.319 e. The molecule has 0 radical (unpaired) electrons. The van der Waals surface area contributed by atoms with Gasteiger partial charge < -0.3 is 21.1 Å². The molecule has 106 valence electrons. The van der Waals surface area contributed by atoms with Gasteiger partial charge in [0.15, 0.2) is 0 Å². The zero-order valence-electron chi connectivity index (χ0n) is 10.9. The quantitative estimate of drug-likeness (QED) is 0.724. The van der Waals surface area contributed by atoms with E-state index in [1.165, 1.54) is 0 Å². The number of rotatable bonds is 2. The van der Waals surface area contributed by atoms with Crippen LogP contribution in [0.25, 0.3) is 0 Å². The van der Waals surface area contributed by atoms with Crippen LogP contribution in [0.1, 0.15) is 12.0 Å². The first-order valence-electron chi connectivity index (χ1n) is 6.33. The molecule has 2 amide bonds. The van der Waals surface area contributed by atoms with Gasteiger partial charge in [0.25, 0.3) is 0 Å². The van der Waals surface area contributed by atoms with Gasteiger partial charge in [-0.1, -0.05) is 23.4 Å². The minimum atomic E-state index is -0.263. The number of carbonyl (C=O) groups excluding carboxylic acids is 1. The zero-order chi connectivity index (χ0) is 14.4. The largest absolute Gasteiger partial charge is 0.379 e. The molecule has 1 unspecified atom stereocenters. The Morgan fingerprint density at radius 3 is 3.10 bits per heavy atom. The highest BCUT2D eigenvalue weighted by Gasteiger charge is 2.17. The Morgan fingerprint density at radius 2 is 2.40 bits per heavy atom. The summed E-state index contributed by atoms with van der Waals surface area (Å²) in [5.41, 5.74) is 6.60. The van der Waals surface area contributed by atoms with Crippen LogP contribution in [0.15, 0.2) is 18.2 Å². The predicted molar refractivity (Wildman–Crippen MR) is 78.8 cm³/mol. The highest BCUT2D eigenvalue weighted by atomic mass is 35.5. The maximum absolute atomic E-state index is 11.8. The number of nitrogens with two attached hydrogens (primary N) is 1. The van der Waals surface area contributed by atoms with Crippen LogP contribution in [0, 0.1) is 11.8 Å². The second-order valence-corrected chi connectivity index (χ2v) is 4.77. The topological polar surface area (TPSA) is 76.4 Å². The van der Waals surface area contributed by atoms with E-state index in [2.05, 4.69) is 22.5 Å². The molecule has 1 atom stereocenters. The molecule has 1 fully saturated rings. The smallest absolute Gasteiger partial charge is 0.319 e. The van der Waals surface area contributed by atoms with Gasteiger partial charge in [-0.15, -0.1) is 0 Å². The van der Waals surface area contributed by atoms with Crippen molar-refractivity contribution in [2.45, 2.75) is 12.5 Å². The molecule has 5 nitrogen and oxygen atoms in total. The highest BCUT2D eigenvalue weighted by Crippen LogP contribution is 2.19. The molecule has 2 rings (SSSR count). The van der Waals surface area contributed by atoms with Gasteiger partial charge in [0.1, 0.15) is 0 Å². The summed E-state index contributed by atoms with van der Waals surface area (Å²) in [6.45, 7) is 1.50. The maximum atomic E-state index is 11.8. The van der Waals surface area contributed by atoms with E-state index in [0.29, 0.717) is 29.5 Å². The van der Waals surface area contributed by atoms with Crippen LogP contribution in [-0.2, 0) is 4.74 Å². The lowest BCUT2D eigenvalue weighted by molar-refractivity contribution is 0.189. The fraction of sp³-hybridized carbons (Fsp3) is 0.357. The SMILES string of the molecule is NCC#Cc1cc(NC(=O)NC2CCOC2)ccc1Cl. The standard InChI is InChI=1S/C14H16ClN3O2/c15-13-4-3-11(8-10(13)2-1-6-16)17-14(19)18-12-5-7-20-9-12/h3-4,8,12H,5-7,9,16H2,(H2,17,18,19). The average molecular weight is 294 g/mol. The van der Waals surface area contributed by atoms with Crippen molar-refractivity contribution in [3.8, 4) is 11.8 Å². The van der Waals surface area contributed by atoms with Gasteiger partial charge >= 0.3 is 6.03 Å². The van der Waals surface area contributed by atoms with Crippen molar-refractivity contribution in [3.05, 3.63) is 28.8 Å². The fourth-order valence-corrected chi connectivity index (χ4v) is 2.01. The van der Waals surface area contributed by atoms with E-state index >= 15 is 0 Å². The van der Waals surface area contributed by atoms with E-state index in [9.17, 15) is 4.79 Å². The molecule has 1 aromatic carbocycles. The summed E-state index contributed by atoms with van der Waals surface area (Å²) in [4.78, 5) is 11.8. The Morgan fingerprint density at radius 1 is 1.55 bits per heavy atom. The van der Waals surface area contributed by atoms with Crippen LogP contribution >= 0.6 is 11.6 Å². The van der Waals surface area contributed by atoms with E-state index in [-0.39, 0.29) is 18.6 Å². The lowest BCUT2D eigenvalue weighted by atomic mass is 10.2. The molecule has 6 heteroatoms. The third kappa shape index (κ3) is 4.14. The number of halogens is 1. The first kappa shape index (κ1) is 14.7. The normalized spacial score (nSPS) is 17.2. The second-order valence-electron chi connectivity index (χ2n) is 4.36. The van der Waals surface area contributed by atoms with E-state index in [4.69, 9.17) is 22.1 Å². The van der Waals surface area contributed by atoms with E-state index in [1.54, 1.807) is 18.2 Å². The Labute approximate surface area is 122 Å². The molecule has 0 saturated carbocycles. The molecule has 1 aliphatic rings. The van der Waals surface area contributed by atoms with Crippen molar-refractivity contribution in [1.29, 1.82) is 0 Å². The Bertz CT molecular complexity index is 545. The Balaban J connectivity index is 1.99. The lowest BCUT2D eigenvalue weighted by Crippen LogP contribution is -2.38. The highest BCUT2D eigenvalue weighted by molar-refractivity contribution is 6.31. The van der Waals surface area contributed by atoms with Crippen molar-refractivity contribution < 1.29 is 9.53 Å². The number of carbonyl (C=O) groups is 1. The summed E-state index contributed by atoms with van der Waals surface area (Å²) in [5, 5.41) is 6.12. The number of anilines is 1. The van der Waals surface area contributed by atoms with Gasteiger partial charge in [0.05, 0.1) is 24.2 Å². The first-order chi connectivity index (χ1) is 9.69. The van der Waals surface area contributed by atoms with Crippen LogP contribution in [-0.4, -0.2) is 31.8 Å². The molecule has 1 saturated heterocycles. The summed E-state index contributed by atoms with van der Waals surface area (Å²) < 4.78 is 5.20. The minimum absolute atomic E-state index is 0.0683. The third-order valence-corrected chi connectivity index (χ3v) is 3.14. The molecule has 1 aromatic rings. The minimum Gasteiger partial charge on any atom is -0.379 e. The summed E-state index contributed by atoms with van der Waals surface area (Å²) in [6, 6.07) is 4.94. The average Bonchev–Trinajstić information content (AvgIpc) is 2.92. The molecule has 0 spiro atoms. The van der Waals surface area contributed by atoms with Crippen molar-refractivity contribution in [1.82, 2.24) is 5.32 Å². The number of nitrogens with one attached hydrogen (secondary N) is 2. The molecule has 1 heterocycles. The monoisotopic (exact) mass is 293 g/mol.